The predicted molar refractivity (Wildman–Crippen MR) is 154 cm³/mol. The van der Waals surface area contributed by atoms with Gasteiger partial charge in [0.15, 0.2) is 0 Å². The molecule has 0 spiro atoms. The van der Waals surface area contributed by atoms with Gasteiger partial charge >= 0.3 is 0 Å². The molecule has 0 saturated carbocycles. The number of benzene rings is 3. The molecule has 1 N–H and O–H groups in total. The van der Waals surface area contributed by atoms with Gasteiger partial charge in [-0.15, -0.1) is 0 Å². The van der Waals surface area contributed by atoms with Gasteiger partial charge in [0.05, 0.1) is 17.5 Å². The van der Waals surface area contributed by atoms with Crippen LogP contribution >= 0.6 is 0 Å². The fraction of sp³-hybridized carbons (Fsp3) is 0.355. The average molecular weight is 593 g/mol. The molecule has 3 aromatic rings. The van der Waals surface area contributed by atoms with E-state index in [4.69, 9.17) is 4.74 Å². The van der Waals surface area contributed by atoms with Crippen LogP contribution in [-0.4, -0.2) is 73.1 Å². The van der Waals surface area contributed by atoms with Gasteiger partial charge in [-0.25, -0.2) is 12.8 Å². The number of sulfonamides is 1. The van der Waals surface area contributed by atoms with Crippen LogP contribution in [0.3, 0.4) is 0 Å². The number of amides is 2. The van der Waals surface area contributed by atoms with E-state index in [9.17, 15) is 22.4 Å². The Balaban J connectivity index is 1.01. The summed E-state index contributed by atoms with van der Waals surface area (Å²) in [6.45, 7) is 3.99. The fourth-order valence-corrected chi connectivity index (χ4v) is 7.21. The van der Waals surface area contributed by atoms with Crippen LogP contribution < -0.4 is 10.1 Å². The zero-order chi connectivity index (χ0) is 29.3. The van der Waals surface area contributed by atoms with Crippen LogP contribution in [0.1, 0.15) is 39.9 Å². The molecule has 2 saturated heterocycles. The van der Waals surface area contributed by atoms with Crippen LogP contribution in [-0.2, 0) is 34.5 Å². The summed E-state index contributed by atoms with van der Waals surface area (Å²) in [4.78, 5) is 28.8. The Labute approximate surface area is 244 Å². The smallest absolute Gasteiger partial charge is 0.254 e. The number of piperazine rings is 1. The molecule has 220 valence electrons. The molecule has 1 unspecified atom stereocenters. The van der Waals surface area contributed by atoms with E-state index >= 15 is 0 Å². The molecule has 0 aromatic heterocycles. The lowest BCUT2D eigenvalue weighted by molar-refractivity contribution is -0.123. The maximum Gasteiger partial charge on any atom is 0.254 e. The zero-order valence-corrected chi connectivity index (χ0v) is 24.0. The molecule has 1 atom stereocenters. The van der Waals surface area contributed by atoms with E-state index in [1.165, 1.54) is 28.6 Å². The van der Waals surface area contributed by atoms with E-state index in [2.05, 4.69) is 22.3 Å². The summed E-state index contributed by atoms with van der Waals surface area (Å²) >= 11 is 0. The molecule has 2 fully saturated rings. The van der Waals surface area contributed by atoms with Gasteiger partial charge in [0.25, 0.3) is 5.91 Å². The first-order chi connectivity index (χ1) is 20.3. The predicted octanol–water partition coefficient (Wildman–Crippen LogP) is 3.15. The summed E-state index contributed by atoms with van der Waals surface area (Å²) in [6.07, 6.45) is 1.10. The Bertz CT molecular complexity index is 1560. The highest BCUT2D eigenvalue weighted by atomic mass is 32.2. The molecular weight excluding hydrogens is 559 g/mol. The third kappa shape index (κ3) is 5.90. The molecule has 3 heterocycles. The molecule has 0 aliphatic carbocycles. The first-order valence-electron chi connectivity index (χ1n) is 14.2. The second-order valence-corrected chi connectivity index (χ2v) is 12.9. The summed E-state index contributed by atoms with van der Waals surface area (Å²) in [6, 6.07) is 18.7. The number of rotatable bonds is 8. The van der Waals surface area contributed by atoms with E-state index in [1.807, 2.05) is 35.2 Å². The Morgan fingerprint density at radius 1 is 0.905 bits per heavy atom. The Morgan fingerprint density at radius 2 is 1.62 bits per heavy atom. The number of hydrogen-bond donors (Lipinski definition) is 1. The van der Waals surface area contributed by atoms with Crippen LogP contribution in [0, 0.1) is 5.82 Å². The van der Waals surface area contributed by atoms with Crippen molar-refractivity contribution in [2.45, 2.75) is 43.5 Å². The lowest BCUT2D eigenvalue weighted by Crippen LogP contribution is -2.48. The van der Waals surface area contributed by atoms with E-state index in [0.29, 0.717) is 76.6 Å². The number of nitrogens with one attached hydrogen (secondary N) is 1. The fourth-order valence-electron chi connectivity index (χ4n) is 5.79. The number of carbonyl (C=O) groups excluding carboxylic acids is 2. The van der Waals surface area contributed by atoms with E-state index in [-0.39, 0.29) is 22.8 Å². The van der Waals surface area contributed by atoms with Gasteiger partial charge in [0, 0.05) is 56.8 Å². The summed E-state index contributed by atoms with van der Waals surface area (Å²) in [5, 5.41) is 2.86. The van der Waals surface area contributed by atoms with Crippen LogP contribution in [0.25, 0.3) is 0 Å². The first kappa shape index (κ1) is 28.3. The standard InChI is InChI=1S/C31H33FN4O5S/c32-24-8-11-26(12-9-24)42(39,40)35-16-14-34(15-17-35)19-22-4-6-23(7-5-22)21-41-29-3-1-2-27-28(29)20-36(31(27)38)25-10-13-30(37)33-18-25/h1-9,11-12,25H,10,13-21H2,(H,33,37). The Hall–Kier alpha value is -3.80. The molecular formula is C31H33FN4O5S. The number of halogens is 1. The van der Waals surface area contributed by atoms with Gasteiger partial charge in [-0.05, 0) is 53.9 Å². The molecule has 11 heteroatoms. The lowest BCUT2D eigenvalue weighted by Gasteiger charge is -2.34. The number of carbonyl (C=O) groups is 2. The van der Waals surface area contributed by atoms with Gasteiger partial charge < -0.3 is 15.0 Å². The van der Waals surface area contributed by atoms with Crippen LogP contribution in [0.15, 0.2) is 71.6 Å². The molecule has 3 aliphatic heterocycles. The van der Waals surface area contributed by atoms with Crippen molar-refractivity contribution < 1.29 is 27.1 Å². The molecule has 2 amide bonds. The molecule has 0 bridgehead atoms. The van der Waals surface area contributed by atoms with E-state index in [1.54, 1.807) is 0 Å². The Morgan fingerprint density at radius 3 is 2.31 bits per heavy atom. The maximum absolute atomic E-state index is 13.2. The van der Waals surface area contributed by atoms with Crippen molar-refractivity contribution in [3.8, 4) is 5.75 Å². The van der Waals surface area contributed by atoms with Crippen molar-refractivity contribution in [2.24, 2.45) is 0 Å². The summed E-state index contributed by atoms with van der Waals surface area (Å²) in [5.41, 5.74) is 3.67. The van der Waals surface area contributed by atoms with Crippen molar-refractivity contribution in [1.29, 1.82) is 0 Å². The number of piperidine rings is 1. The van der Waals surface area contributed by atoms with Gasteiger partial charge in [-0.2, -0.15) is 4.31 Å². The summed E-state index contributed by atoms with van der Waals surface area (Å²) in [7, 11) is -3.64. The topological polar surface area (TPSA) is 99.3 Å². The summed E-state index contributed by atoms with van der Waals surface area (Å²) in [5.74, 6) is 0.244. The number of nitrogens with zero attached hydrogens (tertiary/aromatic N) is 3. The minimum absolute atomic E-state index is 0.00910. The molecule has 3 aliphatic rings. The van der Waals surface area contributed by atoms with E-state index < -0.39 is 15.8 Å². The van der Waals surface area contributed by atoms with Crippen molar-refractivity contribution >= 4 is 21.8 Å². The maximum atomic E-state index is 13.2. The second kappa shape index (κ2) is 11.8. The number of hydrogen-bond acceptors (Lipinski definition) is 6. The van der Waals surface area contributed by atoms with Crippen molar-refractivity contribution in [3.05, 3.63) is 94.8 Å². The minimum Gasteiger partial charge on any atom is -0.489 e. The third-order valence-corrected chi connectivity index (χ3v) is 10.2. The van der Waals surface area contributed by atoms with Crippen molar-refractivity contribution in [1.82, 2.24) is 19.4 Å². The van der Waals surface area contributed by atoms with Gasteiger partial charge in [-0.3, -0.25) is 14.5 Å². The largest absolute Gasteiger partial charge is 0.489 e. The van der Waals surface area contributed by atoms with Crippen LogP contribution in [0.4, 0.5) is 4.39 Å². The molecule has 3 aromatic carbocycles. The van der Waals surface area contributed by atoms with Crippen LogP contribution in [0.5, 0.6) is 5.75 Å². The highest BCUT2D eigenvalue weighted by molar-refractivity contribution is 7.89. The molecule has 6 rings (SSSR count). The average Bonchev–Trinajstić information content (AvgIpc) is 3.34. The highest BCUT2D eigenvalue weighted by Crippen LogP contribution is 2.33. The first-order valence-corrected chi connectivity index (χ1v) is 15.6. The molecule has 42 heavy (non-hydrogen) atoms. The molecule has 9 nitrogen and oxygen atoms in total. The molecule has 0 radical (unpaired) electrons. The number of ether oxygens (including phenoxy) is 1. The quantitative estimate of drug-likeness (QED) is 0.432. The lowest BCUT2D eigenvalue weighted by atomic mass is 10.1. The second-order valence-electron chi connectivity index (χ2n) is 11.0. The normalized spacial score (nSPS) is 19.9. The minimum atomic E-state index is -3.64. The Kier molecular flexibility index (Phi) is 7.98. The van der Waals surface area contributed by atoms with Crippen LogP contribution in [0.2, 0.25) is 0 Å². The van der Waals surface area contributed by atoms with Gasteiger partial charge in [0.2, 0.25) is 15.9 Å². The van der Waals surface area contributed by atoms with Crippen molar-refractivity contribution in [3.63, 3.8) is 0 Å². The SMILES string of the molecule is O=C1CCC(N2Cc3c(OCc4ccc(CN5CCN(S(=O)(=O)c6ccc(F)cc6)CC5)cc4)cccc3C2=O)CN1. The van der Waals surface area contributed by atoms with Crippen molar-refractivity contribution in [2.75, 3.05) is 32.7 Å². The van der Waals surface area contributed by atoms with Gasteiger partial charge in [0.1, 0.15) is 18.2 Å². The zero-order valence-electron chi connectivity index (χ0n) is 23.2. The number of fused-ring (bicyclic) bond motifs is 1. The summed E-state index contributed by atoms with van der Waals surface area (Å²) < 4.78 is 46.6. The van der Waals surface area contributed by atoms with E-state index in [0.717, 1.165) is 16.7 Å². The third-order valence-electron chi connectivity index (χ3n) is 8.24. The van der Waals surface area contributed by atoms with Gasteiger partial charge in [-0.1, -0.05) is 30.3 Å². The monoisotopic (exact) mass is 592 g/mol. The highest BCUT2D eigenvalue weighted by Gasteiger charge is 2.36.